The van der Waals surface area contributed by atoms with Gasteiger partial charge in [-0.25, -0.2) is 4.39 Å². The summed E-state index contributed by atoms with van der Waals surface area (Å²) in [5.41, 5.74) is 0.893. The third-order valence-electron chi connectivity index (χ3n) is 4.69. The monoisotopic (exact) mass is 409 g/mol. The average Bonchev–Trinajstić information content (AvgIpc) is 2.95. The second-order valence-corrected chi connectivity index (χ2v) is 7.57. The van der Waals surface area contributed by atoms with Crippen LogP contribution in [0.15, 0.2) is 28.7 Å². The zero-order valence-electron chi connectivity index (χ0n) is 13.1. The van der Waals surface area contributed by atoms with Crippen LogP contribution in [0.25, 0.3) is 0 Å². The fraction of sp³-hybridized carbons (Fsp3) is 0.412. The highest BCUT2D eigenvalue weighted by atomic mass is 79.9. The maximum atomic E-state index is 13.3. The quantitative estimate of drug-likeness (QED) is 0.703. The van der Waals surface area contributed by atoms with E-state index in [0.717, 1.165) is 29.7 Å². The molecule has 3 heterocycles. The Morgan fingerprint density at radius 1 is 1.33 bits per heavy atom. The van der Waals surface area contributed by atoms with E-state index in [1.165, 1.54) is 25.3 Å². The third kappa shape index (κ3) is 2.98. The number of rotatable bonds is 3. The van der Waals surface area contributed by atoms with Gasteiger partial charge in [0.25, 0.3) is 0 Å². The smallest absolute Gasteiger partial charge is 0.219 e. The zero-order chi connectivity index (χ0) is 16.7. The molecule has 0 amide bonds. The van der Waals surface area contributed by atoms with E-state index in [-0.39, 0.29) is 5.82 Å². The molecule has 0 saturated carbocycles. The molecular weight excluding hydrogens is 392 g/mol. The van der Waals surface area contributed by atoms with E-state index in [0.29, 0.717) is 23.0 Å². The number of piperidine rings is 1. The van der Waals surface area contributed by atoms with Gasteiger partial charge < -0.3 is 14.2 Å². The van der Waals surface area contributed by atoms with Crippen LogP contribution in [0.4, 0.5) is 10.2 Å². The summed E-state index contributed by atoms with van der Waals surface area (Å²) >= 11 is 3.20. The van der Waals surface area contributed by atoms with Gasteiger partial charge in [0.1, 0.15) is 18.2 Å². The molecule has 1 atom stereocenters. The van der Waals surface area contributed by atoms with Crippen molar-refractivity contribution in [2.75, 3.05) is 11.4 Å². The molecule has 1 aromatic heterocycles. The molecule has 4 rings (SSSR count). The highest BCUT2D eigenvalue weighted by Crippen LogP contribution is 2.34. The van der Waals surface area contributed by atoms with Crippen LogP contribution in [0.3, 0.4) is 0 Å². The summed E-state index contributed by atoms with van der Waals surface area (Å²) in [5, 5.41) is 0.789. The second kappa shape index (κ2) is 6.49. The summed E-state index contributed by atoms with van der Waals surface area (Å²) in [7, 11) is 3.62. The minimum Gasteiger partial charge on any atom is -0.473 e. The molecule has 0 N–H and O–H groups in total. The lowest BCUT2D eigenvalue weighted by molar-refractivity contribution is 0.292. The predicted octanol–water partition coefficient (Wildman–Crippen LogP) is 4.41. The predicted molar refractivity (Wildman–Crippen MR) is 97.2 cm³/mol. The minimum atomic E-state index is -0.274. The first-order chi connectivity index (χ1) is 11.6. The number of halogens is 2. The molecule has 24 heavy (non-hydrogen) atoms. The van der Waals surface area contributed by atoms with Crippen molar-refractivity contribution in [3.8, 4) is 5.88 Å². The summed E-state index contributed by atoms with van der Waals surface area (Å²) in [6.07, 6.45) is 3.76. The van der Waals surface area contributed by atoms with E-state index in [1.807, 2.05) is 6.07 Å². The summed E-state index contributed by atoms with van der Waals surface area (Å²) in [6.45, 7) is 2.42. The summed E-state index contributed by atoms with van der Waals surface area (Å²) in [5.74, 6) is 1.47. The van der Waals surface area contributed by atoms with Crippen molar-refractivity contribution >= 4 is 30.6 Å². The molecule has 7 heteroatoms. The van der Waals surface area contributed by atoms with Crippen LogP contribution < -0.4 is 9.64 Å². The Morgan fingerprint density at radius 3 is 3.04 bits per heavy atom. The van der Waals surface area contributed by atoms with Crippen LogP contribution in [0.1, 0.15) is 24.8 Å². The lowest BCUT2D eigenvalue weighted by Gasteiger charge is -2.30. The van der Waals surface area contributed by atoms with Crippen molar-refractivity contribution in [3.05, 3.63) is 45.3 Å². The Morgan fingerprint density at radius 2 is 2.21 bits per heavy atom. The van der Waals surface area contributed by atoms with E-state index < -0.39 is 0 Å². The van der Waals surface area contributed by atoms with Crippen LogP contribution >= 0.6 is 24.8 Å². The molecule has 1 unspecified atom stereocenters. The molecule has 4 nitrogen and oxygen atoms in total. The number of aromatic nitrogens is 2. The molecular formula is C17H18BrFN3OP. The number of hydrogen-bond acceptors (Lipinski definition) is 3. The van der Waals surface area contributed by atoms with Gasteiger partial charge >= 0.3 is 0 Å². The van der Waals surface area contributed by atoms with Crippen molar-refractivity contribution in [2.45, 2.75) is 38.5 Å². The van der Waals surface area contributed by atoms with Gasteiger partial charge in [-0.3, -0.25) is 0 Å². The molecule has 0 aliphatic carbocycles. The molecule has 0 bridgehead atoms. The van der Waals surface area contributed by atoms with Gasteiger partial charge in [0.05, 0.1) is 4.47 Å². The van der Waals surface area contributed by atoms with E-state index in [4.69, 9.17) is 4.74 Å². The molecule has 1 fully saturated rings. The maximum absolute atomic E-state index is 13.3. The summed E-state index contributed by atoms with van der Waals surface area (Å²) in [4.78, 5) is 6.95. The number of nitrogens with zero attached hydrogens (tertiary/aromatic N) is 3. The molecule has 2 aliphatic heterocycles. The highest BCUT2D eigenvalue weighted by Gasteiger charge is 2.31. The Kier molecular flexibility index (Phi) is 4.35. The van der Waals surface area contributed by atoms with Crippen molar-refractivity contribution in [2.24, 2.45) is 0 Å². The average molecular weight is 410 g/mol. The highest BCUT2D eigenvalue weighted by molar-refractivity contribution is 9.10. The number of fused-ring (bicyclic) bond motifs is 3. The lowest BCUT2D eigenvalue weighted by atomic mass is 10.0. The van der Waals surface area contributed by atoms with Gasteiger partial charge in [0.2, 0.25) is 5.88 Å². The number of hydrogen-bond donors (Lipinski definition) is 0. The topological polar surface area (TPSA) is 30.3 Å². The van der Waals surface area contributed by atoms with Crippen molar-refractivity contribution in [3.63, 3.8) is 0 Å². The zero-order valence-corrected chi connectivity index (χ0v) is 15.7. The first kappa shape index (κ1) is 16.1. The second-order valence-electron chi connectivity index (χ2n) is 6.27. The van der Waals surface area contributed by atoms with Crippen LogP contribution in [0.5, 0.6) is 5.88 Å². The largest absolute Gasteiger partial charge is 0.473 e. The fourth-order valence-corrected chi connectivity index (χ4v) is 4.22. The third-order valence-corrected chi connectivity index (χ3v) is 5.68. The van der Waals surface area contributed by atoms with E-state index in [2.05, 4.69) is 39.2 Å². The van der Waals surface area contributed by atoms with Gasteiger partial charge in [-0.05, 0) is 52.9 Å². The Bertz CT molecular complexity index is 841. The molecule has 0 spiro atoms. The van der Waals surface area contributed by atoms with Crippen LogP contribution in [-0.2, 0) is 13.2 Å². The SMILES string of the molecule is Fc1ccc(COc2cc3n(c(=P)n2)CC2CCCCN32)cc1Br. The van der Waals surface area contributed by atoms with Crippen molar-refractivity contribution < 1.29 is 9.13 Å². The van der Waals surface area contributed by atoms with Crippen molar-refractivity contribution in [1.29, 1.82) is 0 Å². The maximum Gasteiger partial charge on any atom is 0.219 e. The van der Waals surface area contributed by atoms with Gasteiger partial charge in [0, 0.05) is 25.2 Å². The van der Waals surface area contributed by atoms with Gasteiger partial charge in [-0.15, -0.1) is 0 Å². The standard InChI is InChI=1S/C17H18BrFN3OP/c18-13-7-11(4-5-14(13)19)10-23-15-8-16-21-6-2-1-3-12(21)9-22(16)17(24)20-15/h4-5,7-8,12,24H,1-3,6,9-10H2. The molecule has 2 aliphatic rings. The first-order valence-electron chi connectivity index (χ1n) is 8.11. The molecule has 126 valence electrons. The molecule has 2 aromatic rings. The minimum absolute atomic E-state index is 0.274. The molecule has 0 radical (unpaired) electrons. The van der Waals surface area contributed by atoms with E-state index in [1.54, 1.807) is 12.1 Å². The molecule has 1 aromatic carbocycles. The Hall–Kier alpha value is -1.39. The number of benzene rings is 1. The Labute approximate surface area is 150 Å². The summed E-state index contributed by atoms with van der Waals surface area (Å²) < 4.78 is 21.8. The Balaban J connectivity index is 1.56. The fourth-order valence-electron chi connectivity index (χ4n) is 3.48. The van der Waals surface area contributed by atoms with Crippen molar-refractivity contribution in [1.82, 2.24) is 9.55 Å². The molecule has 1 saturated heterocycles. The van der Waals surface area contributed by atoms with Crippen LogP contribution in [0.2, 0.25) is 0 Å². The number of ether oxygens (including phenoxy) is 1. The van der Waals surface area contributed by atoms with Crippen LogP contribution in [-0.4, -0.2) is 22.1 Å². The summed E-state index contributed by atoms with van der Waals surface area (Å²) in [6, 6.07) is 7.46. The van der Waals surface area contributed by atoms with E-state index in [9.17, 15) is 4.39 Å². The van der Waals surface area contributed by atoms with Crippen LogP contribution in [0, 0.1) is 11.0 Å². The first-order valence-corrected chi connectivity index (χ1v) is 9.41. The van der Waals surface area contributed by atoms with Gasteiger partial charge in [-0.1, -0.05) is 14.9 Å². The number of anilines is 1. The van der Waals surface area contributed by atoms with E-state index >= 15 is 0 Å². The lowest BCUT2D eigenvalue weighted by Crippen LogP contribution is -2.36. The normalized spacial score (nSPS) is 19.1. The van der Waals surface area contributed by atoms with Gasteiger partial charge in [0.15, 0.2) is 5.20 Å². The van der Waals surface area contributed by atoms with Gasteiger partial charge in [-0.2, -0.15) is 4.98 Å².